The highest BCUT2D eigenvalue weighted by atomic mass is 35.5. The number of hydrogen-bond acceptors (Lipinski definition) is 3. The number of carbonyl (C=O) groups excluding carboxylic acids is 1. The second-order valence-electron chi connectivity index (χ2n) is 1.81. The summed E-state index contributed by atoms with van der Waals surface area (Å²) in [7, 11) is 1.57. The molecule has 0 N–H and O–H groups in total. The van der Waals surface area contributed by atoms with Gasteiger partial charge in [0.15, 0.2) is 0 Å². The largest absolute Gasteiger partial charge is 0.451 e. The van der Waals surface area contributed by atoms with Crippen LogP contribution in [0.5, 0.6) is 0 Å². The van der Waals surface area contributed by atoms with Crippen LogP contribution in [0.15, 0.2) is 0 Å². The first kappa shape index (κ1) is 9.72. The molecule has 0 heterocycles. The zero-order valence-corrected chi connectivity index (χ0v) is 6.85. The molecule has 0 amide bonds. The highest BCUT2D eigenvalue weighted by molar-refractivity contribution is 6.61. The minimum Gasteiger partial charge on any atom is -0.451 e. The van der Waals surface area contributed by atoms with E-state index in [-0.39, 0.29) is 12.7 Å². The molecular weight excluding hydrogens is 156 g/mol. The van der Waals surface area contributed by atoms with E-state index in [4.69, 9.17) is 16.3 Å². The maximum absolute atomic E-state index is 10.1. The lowest BCUT2D eigenvalue weighted by atomic mass is 10.3. The Morgan fingerprint density at radius 3 is 2.60 bits per heavy atom. The van der Waals surface area contributed by atoms with Crippen LogP contribution in [0, 0.1) is 0 Å². The average Bonchev–Trinajstić information content (AvgIpc) is 1.90. The molecule has 0 aromatic carbocycles. The summed E-state index contributed by atoms with van der Waals surface area (Å²) in [5.41, 5.74) is -0.782. The van der Waals surface area contributed by atoms with Gasteiger partial charge in [0.05, 0.1) is 6.10 Å². The third kappa shape index (κ3) is 4.58. The van der Waals surface area contributed by atoms with Gasteiger partial charge in [0.25, 0.3) is 0 Å². The van der Waals surface area contributed by atoms with E-state index in [9.17, 15) is 4.79 Å². The molecule has 0 rings (SSSR count). The van der Waals surface area contributed by atoms with E-state index < -0.39 is 5.43 Å². The van der Waals surface area contributed by atoms with Crippen LogP contribution in [-0.4, -0.2) is 25.2 Å². The van der Waals surface area contributed by atoms with E-state index >= 15 is 0 Å². The topological polar surface area (TPSA) is 35.5 Å². The predicted molar refractivity (Wildman–Crippen MR) is 38.3 cm³/mol. The first-order chi connectivity index (χ1) is 4.70. The van der Waals surface area contributed by atoms with Crippen molar-refractivity contribution in [2.45, 2.75) is 19.4 Å². The van der Waals surface area contributed by atoms with Crippen molar-refractivity contribution in [2.75, 3.05) is 13.7 Å². The van der Waals surface area contributed by atoms with Crippen molar-refractivity contribution in [3.05, 3.63) is 0 Å². The maximum Gasteiger partial charge on any atom is 0.403 e. The molecule has 1 atom stereocenters. The van der Waals surface area contributed by atoms with Crippen LogP contribution >= 0.6 is 11.6 Å². The molecule has 3 nitrogen and oxygen atoms in total. The Hall–Kier alpha value is -0.280. The minimum atomic E-state index is -0.782. The Balaban J connectivity index is 3.34. The number of rotatable bonds is 4. The van der Waals surface area contributed by atoms with Gasteiger partial charge in [-0.3, -0.25) is 0 Å². The first-order valence-electron chi connectivity index (χ1n) is 3.05. The zero-order valence-electron chi connectivity index (χ0n) is 6.09. The van der Waals surface area contributed by atoms with Gasteiger partial charge >= 0.3 is 5.43 Å². The molecular formula is C6H11ClO3. The lowest BCUT2D eigenvalue weighted by Gasteiger charge is -2.10. The van der Waals surface area contributed by atoms with Crippen molar-refractivity contribution >= 4 is 17.0 Å². The third-order valence-corrected chi connectivity index (χ3v) is 1.28. The Labute approximate surface area is 65.3 Å². The Bertz CT molecular complexity index is 101. The molecule has 1 unspecified atom stereocenters. The molecule has 10 heavy (non-hydrogen) atoms. The van der Waals surface area contributed by atoms with E-state index in [1.54, 1.807) is 7.11 Å². The minimum absolute atomic E-state index is 0.0392. The first-order valence-corrected chi connectivity index (χ1v) is 3.43. The Morgan fingerprint density at radius 1 is 1.70 bits per heavy atom. The van der Waals surface area contributed by atoms with E-state index in [1.165, 1.54) is 0 Å². The Morgan fingerprint density at radius 2 is 2.30 bits per heavy atom. The molecule has 0 aliphatic heterocycles. The monoisotopic (exact) mass is 166 g/mol. The molecule has 0 aromatic heterocycles. The fourth-order valence-electron chi connectivity index (χ4n) is 0.511. The summed E-state index contributed by atoms with van der Waals surface area (Å²) in [6, 6.07) is 0. The van der Waals surface area contributed by atoms with Gasteiger partial charge in [0.1, 0.15) is 6.61 Å². The molecule has 4 heteroatoms. The van der Waals surface area contributed by atoms with E-state index in [0.717, 1.165) is 6.42 Å². The van der Waals surface area contributed by atoms with Gasteiger partial charge in [-0.2, -0.15) is 0 Å². The van der Waals surface area contributed by atoms with Crippen molar-refractivity contribution in [3.8, 4) is 0 Å². The number of carbonyl (C=O) groups is 1. The summed E-state index contributed by atoms with van der Waals surface area (Å²) in [6.07, 6.45) is 0.767. The van der Waals surface area contributed by atoms with Gasteiger partial charge in [-0.1, -0.05) is 6.92 Å². The van der Waals surface area contributed by atoms with Crippen LogP contribution in [0.1, 0.15) is 13.3 Å². The third-order valence-electron chi connectivity index (χ3n) is 1.17. The fourth-order valence-corrected chi connectivity index (χ4v) is 0.574. The predicted octanol–water partition coefficient (Wildman–Crippen LogP) is 1.79. The molecule has 0 aromatic rings. The maximum atomic E-state index is 10.1. The van der Waals surface area contributed by atoms with Gasteiger partial charge in [-0.15, -0.1) is 0 Å². The second kappa shape index (κ2) is 5.50. The van der Waals surface area contributed by atoms with E-state index in [2.05, 4.69) is 4.74 Å². The van der Waals surface area contributed by atoms with Crippen molar-refractivity contribution in [3.63, 3.8) is 0 Å². The molecule has 0 aliphatic carbocycles. The molecule has 0 aliphatic rings. The smallest absolute Gasteiger partial charge is 0.403 e. The van der Waals surface area contributed by atoms with Crippen molar-refractivity contribution in [1.29, 1.82) is 0 Å². The van der Waals surface area contributed by atoms with Crippen molar-refractivity contribution in [1.82, 2.24) is 0 Å². The summed E-state index contributed by atoms with van der Waals surface area (Å²) >= 11 is 4.92. The molecule has 0 saturated carbocycles. The Kier molecular flexibility index (Phi) is 5.35. The van der Waals surface area contributed by atoms with Crippen LogP contribution < -0.4 is 0 Å². The summed E-state index contributed by atoms with van der Waals surface area (Å²) < 4.78 is 9.40. The van der Waals surface area contributed by atoms with E-state index in [1.807, 2.05) is 6.92 Å². The average molecular weight is 167 g/mol. The lowest BCUT2D eigenvalue weighted by Crippen LogP contribution is -2.17. The number of hydrogen-bond donors (Lipinski definition) is 0. The van der Waals surface area contributed by atoms with Gasteiger partial charge in [0, 0.05) is 18.7 Å². The summed E-state index contributed by atoms with van der Waals surface area (Å²) in [6.45, 7) is 2.17. The molecule has 60 valence electrons. The number of ether oxygens (including phenoxy) is 2. The summed E-state index contributed by atoms with van der Waals surface area (Å²) in [5.74, 6) is 0. The van der Waals surface area contributed by atoms with Crippen LogP contribution in [0.2, 0.25) is 0 Å². The van der Waals surface area contributed by atoms with Crippen LogP contribution in [0.25, 0.3) is 0 Å². The summed E-state index contributed by atoms with van der Waals surface area (Å²) in [4.78, 5) is 10.1. The van der Waals surface area contributed by atoms with Gasteiger partial charge in [-0.05, 0) is 6.42 Å². The normalized spacial score (nSPS) is 12.7. The molecule has 0 bridgehead atoms. The summed E-state index contributed by atoms with van der Waals surface area (Å²) in [5, 5.41) is 0. The number of halogens is 1. The van der Waals surface area contributed by atoms with Crippen LogP contribution in [0.3, 0.4) is 0 Å². The quantitative estimate of drug-likeness (QED) is 0.598. The van der Waals surface area contributed by atoms with Crippen LogP contribution in [0.4, 0.5) is 4.79 Å². The molecule has 0 spiro atoms. The highest BCUT2D eigenvalue weighted by Crippen LogP contribution is 1.98. The van der Waals surface area contributed by atoms with Gasteiger partial charge in [0.2, 0.25) is 0 Å². The number of methoxy groups -OCH3 is 1. The lowest BCUT2D eigenvalue weighted by molar-refractivity contribution is 0.0406. The molecule has 0 radical (unpaired) electrons. The van der Waals surface area contributed by atoms with Crippen molar-refractivity contribution in [2.24, 2.45) is 0 Å². The highest BCUT2D eigenvalue weighted by Gasteiger charge is 2.05. The van der Waals surface area contributed by atoms with Crippen LogP contribution in [-0.2, 0) is 9.47 Å². The molecule has 0 saturated heterocycles. The second-order valence-corrected chi connectivity index (χ2v) is 2.12. The van der Waals surface area contributed by atoms with Crippen molar-refractivity contribution < 1.29 is 14.3 Å². The van der Waals surface area contributed by atoms with Gasteiger partial charge < -0.3 is 9.47 Å². The molecule has 0 fully saturated rings. The SMILES string of the molecule is CCC(COC(=O)Cl)OC. The van der Waals surface area contributed by atoms with E-state index in [0.29, 0.717) is 0 Å². The standard InChI is InChI=1S/C6H11ClO3/c1-3-5(9-2)4-10-6(7)8/h5H,3-4H2,1-2H3. The zero-order chi connectivity index (χ0) is 7.98. The van der Waals surface area contributed by atoms with Gasteiger partial charge in [-0.25, -0.2) is 4.79 Å². The fraction of sp³-hybridized carbons (Fsp3) is 0.833.